The summed E-state index contributed by atoms with van der Waals surface area (Å²) in [7, 11) is 1.43. The van der Waals surface area contributed by atoms with E-state index >= 15 is 0 Å². The fourth-order valence-electron chi connectivity index (χ4n) is 6.59. The van der Waals surface area contributed by atoms with E-state index in [1.54, 1.807) is 4.90 Å². The Morgan fingerprint density at radius 1 is 1.11 bits per heavy atom. The van der Waals surface area contributed by atoms with E-state index < -0.39 is 5.60 Å². The summed E-state index contributed by atoms with van der Waals surface area (Å²) in [6.45, 7) is 9.64. The number of hydrogen-bond donors (Lipinski definition) is 0. The number of ketones is 1. The molecule has 2 unspecified atom stereocenters. The predicted octanol–water partition coefficient (Wildman–Crippen LogP) is 4.45. The molecule has 1 saturated carbocycles. The lowest BCUT2D eigenvalue weighted by Crippen LogP contribution is -2.59. The molecule has 1 aliphatic carbocycles. The third kappa shape index (κ3) is 5.35. The van der Waals surface area contributed by atoms with Crippen LogP contribution in [-0.2, 0) is 19.0 Å². The van der Waals surface area contributed by atoms with Gasteiger partial charge in [-0.05, 0) is 63.1 Å². The smallest absolute Gasteiger partial charge is 0.410 e. The zero-order valence-corrected chi connectivity index (χ0v) is 22.5. The first-order chi connectivity index (χ1) is 17.6. The van der Waals surface area contributed by atoms with Gasteiger partial charge in [-0.25, -0.2) is 4.79 Å². The van der Waals surface area contributed by atoms with Gasteiger partial charge < -0.3 is 23.8 Å². The molecule has 4 aliphatic rings. The molecule has 8 heteroatoms. The van der Waals surface area contributed by atoms with Crippen molar-refractivity contribution in [3.63, 3.8) is 0 Å². The average Bonchev–Trinajstić information content (AvgIpc) is 3.66. The lowest BCUT2D eigenvalue weighted by atomic mass is 9.71. The molecule has 37 heavy (non-hydrogen) atoms. The first-order valence-corrected chi connectivity index (χ1v) is 13.5. The highest BCUT2D eigenvalue weighted by Crippen LogP contribution is 2.49. The monoisotopic (exact) mass is 513 g/mol. The Morgan fingerprint density at radius 2 is 1.78 bits per heavy atom. The molecule has 1 aromatic rings. The van der Waals surface area contributed by atoms with Crippen LogP contribution in [0.3, 0.4) is 0 Å². The second-order valence-corrected chi connectivity index (χ2v) is 12.2. The molecular weight excluding hydrogens is 474 g/mol. The molecule has 8 nitrogen and oxygen atoms in total. The van der Waals surface area contributed by atoms with Crippen LogP contribution in [0, 0.1) is 29.6 Å². The summed E-state index contributed by atoms with van der Waals surface area (Å²) in [4.78, 5) is 40.2. The van der Waals surface area contributed by atoms with E-state index in [1.165, 1.54) is 7.11 Å². The maximum Gasteiger partial charge on any atom is 0.410 e. The number of likely N-dealkylation sites (tertiary alicyclic amines) is 1. The standard InChI is InChI=1S/C29H39NO7/c1-16(27(32)34-5)25(17-6-7-17)18-8-9-21-22(31)11-24(36-23(21)10-18)26-19-12-30(13-20(26)15-35-14-19)28(33)37-29(2,3)4/h8-10,16-17,19-20,24-26H,6-7,11-15H2,1-5H3/t16-,19-,20+,24?,25-,26?/m0/s1. The number of nitrogens with zero attached hydrogens (tertiary/aromatic N) is 1. The van der Waals surface area contributed by atoms with E-state index in [1.807, 2.05) is 45.9 Å². The van der Waals surface area contributed by atoms with Gasteiger partial charge in [-0.1, -0.05) is 13.0 Å². The first kappa shape index (κ1) is 26.0. The van der Waals surface area contributed by atoms with Gasteiger partial charge in [0.15, 0.2) is 5.78 Å². The summed E-state index contributed by atoms with van der Waals surface area (Å²) < 4.78 is 23.1. The van der Waals surface area contributed by atoms with Crippen molar-refractivity contribution < 1.29 is 33.3 Å². The lowest BCUT2D eigenvalue weighted by Gasteiger charge is -2.49. The molecule has 202 valence electrons. The number of hydrogen-bond acceptors (Lipinski definition) is 7. The number of methoxy groups -OCH3 is 1. The number of ether oxygens (including phenoxy) is 4. The van der Waals surface area contributed by atoms with Crippen LogP contribution >= 0.6 is 0 Å². The molecule has 2 saturated heterocycles. The minimum Gasteiger partial charge on any atom is -0.489 e. The highest BCUT2D eigenvalue weighted by molar-refractivity contribution is 6.00. The van der Waals surface area contributed by atoms with Crippen LogP contribution in [0.25, 0.3) is 0 Å². The van der Waals surface area contributed by atoms with Gasteiger partial charge in [0.1, 0.15) is 17.5 Å². The number of esters is 1. The first-order valence-electron chi connectivity index (χ1n) is 13.5. The molecule has 0 N–H and O–H groups in total. The van der Waals surface area contributed by atoms with Gasteiger partial charge in [0.2, 0.25) is 0 Å². The van der Waals surface area contributed by atoms with Crippen molar-refractivity contribution in [1.82, 2.24) is 4.90 Å². The number of rotatable bonds is 5. The summed E-state index contributed by atoms with van der Waals surface area (Å²) in [5.74, 6) is 0.944. The van der Waals surface area contributed by atoms with Crippen LogP contribution in [0.5, 0.6) is 5.75 Å². The van der Waals surface area contributed by atoms with Gasteiger partial charge in [-0.3, -0.25) is 9.59 Å². The molecule has 2 bridgehead atoms. The molecule has 1 amide bonds. The second kappa shape index (κ2) is 9.93. The zero-order valence-electron chi connectivity index (χ0n) is 22.5. The number of amides is 1. The average molecular weight is 514 g/mol. The third-order valence-electron chi connectivity index (χ3n) is 8.34. The molecule has 1 aromatic carbocycles. The fourth-order valence-corrected chi connectivity index (χ4v) is 6.59. The molecule has 0 radical (unpaired) electrons. The molecular formula is C29H39NO7. The van der Waals surface area contributed by atoms with E-state index in [-0.39, 0.29) is 53.5 Å². The summed E-state index contributed by atoms with van der Waals surface area (Å²) in [6.07, 6.45) is 1.92. The Kier molecular flexibility index (Phi) is 6.98. The molecule has 0 aromatic heterocycles. The van der Waals surface area contributed by atoms with Gasteiger partial charge >= 0.3 is 12.1 Å². The Hall–Kier alpha value is -2.61. The quantitative estimate of drug-likeness (QED) is 0.537. The number of carbonyl (C=O) groups is 3. The Bertz CT molecular complexity index is 1040. The Labute approximate surface area is 219 Å². The van der Waals surface area contributed by atoms with Gasteiger partial charge in [0.25, 0.3) is 0 Å². The minimum absolute atomic E-state index is 0.0432. The Balaban J connectivity index is 1.36. The molecule has 0 spiro atoms. The van der Waals surface area contributed by atoms with Crippen molar-refractivity contribution in [2.75, 3.05) is 33.4 Å². The lowest BCUT2D eigenvalue weighted by molar-refractivity contribution is -0.145. The van der Waals surface area contributed by atoms with Crippen LogP contribution in [0.15, 0.2) is 18.2 Å². The molecule has 6 atom stereocenters. The van der Waals surface area contributed by atoms with Gasteiger partial charge in [0, 0.05) is 37.3 Å². The maximum absolute atomic E-state index is 13.2. The highest BCUT2D eigenvalue weighted by atomic mass is 16.6. The van der Waals surface area contributed by atoms with E-state index in [2.05, 4.69) is 0 Å². The molecule has 3 heterocycles. The van der Waals surface area contributed by atoms with Crippen molar-refractivity contribution in [1.29, 1.82) is 0 Å². The van der Waals surface area contributed by atoms with Crippen molar-refractivity contribution in [3.8, 4) is 5.75 Å². The number of fused-ring (bicyclic) bond motifs is 3. The zero-order chi connectivity index (χ0) is 26.5. The van der Waals surface area contributed by atoms with Crippen LogP contribution < -0.4 is 4.74 Å². The van der Waals surface area contributed by atoms with Crippen molar-refractivity contribution in [2.24, 2.45) is 29.6 Å². The van der Waals surface area contributed by atoms with Crippen molar-refractivity contribution >= 4 is 17.8 Å². The third-order valence-corrected chi connectivity index (χ3v) is 8.34. The van der Waals surface area contributed by atoms with Gasteiger partial charge in [0.05, 0.1) is 31.8 Å². The number of Topliss-reactive ketones (excluding diaryl/α,β-unsaturated/α-hetero) is 1. The van der Waals surface area contributed by atoms with Crippen LogP contribution in [-0.4, -0.2) is 67.9 Å². The van der Waals surface area contributed by atoms with E-state index in [4.69, 9.17) is 18.9 Å². The SMILES string of the molecule is COC(=O)[C@@H](C)[C@H](c1ccc2c(c1)OC(C1[C@@H]3COC[C@H]1CN(C(=O)OC(C)(C)C)C3)CC2=O)C1CC1. The second-order valence-electron chi connectivity index (χ2n) is 12.2. The van der Waals surface area contributed by atoms with Gasteiger partial charge in [-0.15, -0.1) is 0 Å². The van der Waals surface area contributed by atoms with Crippen molar-refractivity contribution in [3.05, 3.63) is 29.3 Å². The summed E-state index contributed by atoms with van der Waals surface area (Å²) in [6, 6.07) is 5.81. The normalized spacial score (nSPS) is 29.0. The summed E-state index contributed by atoms with van der Waals surface area (Å²) in [5.41, 5.74) is 1.08. The molecule has 3 fully saturated rings. The topological polar surface area (TPSA) is 91.4 Å². The Morgan fingerprint density at radius 3 is 2.38 bits per heavy atom. The van der Waals surface area contributed by atoms with Gasteiger partial charge in [-0.2, -0.15) is 0 Å². The number of carbonyl (C=O) groups excluding carboxylic acids is 3. The summed E-state index contributed by atoms with van der Waals surface area (Å²) in [5, 5.41) is 0. The largest absolute Gasteiger partial charge is 0.489 e. The van der Waals surface area contributed by atoms with E-state index in [0.29, 0.717) is 50.0 Å². The minimum atomic E-state index is -0.552. The van der Waals surface area contributed by atoms with Crippen LogP contribution in [0.2, 0.25) is 0 Å². The predicted molar refractivity (Wildman–Crippen MR) is 136 cm³/mol. The maximum atomic E-state index is 13.2. The molecule has 3 aliphatic heterocycles. The number of benzene rings is 1. The van der Waals surface area contributed by atoms with Crippen LogP contribution in [0.1, 0.15) is 68.8 Å². The highest BCUT2D eigenvalue weighted by Gasteiger charge is 2.49. The fraction of sp³-hybridized carbons (Fsp3) is 0.690. The summed E-state index contributed by atoms with van der Waals surface area (Å²) >= 11 is 0. The van der Waals surface area contributed by atoms with E-state index in [0.717, 1.165) is 18.4 Å². The van der Waals surface area contributed by atoms with Crippen LogP contribution in [0.4, 0.5) is 4.79 Å². The molecule has 5 rings (SSSR count). The number of piperidine rings is 1. The van der Waals surface area contributed by atoms with E-state index in [9.17, 15) is 14.4 Å². The van der Waals surface area contributed by atoms with Crippen molar-refractivity contribution in [2.45, 2.75) is 64.6 Å².